The monoisotopic (exact) mass is 396 g/mol. The van der Waals surface area contributed by atoms with E-state index in [0.717, 1.165) is 16.7 Å². The van der Waals surface area contributed by atoms with Gasteiger partial charge in [-0.05, 0) is 41.5 Å². The van der Waals surface area contributed by atoms with E-state index in [0.29, 0.717) is 0 Å². The topological polar surface area (TPSA) is 72.8 Å². The number of benzene rings is 1. The number of aromatic hydroxyl groups is 1. The first-order chi connectivity index (χ1) is 12.2. The van der Waals surface area contributed by atoms with Crippen molar-refractivity contribution in [1.82, 2.24) is 0 Å². The summed E-state index contributed by atoms with van der Waals surface area (Å²) in [5.74, 6) is -0.0557. The van der Waals surface area contributed by atoms with Gasteiger partial charge in [0.15, 0.2) is 5.78 Å². The van der Waals surface area contributed by atoms with Gasteiger partial charge in [0.25, 0.3) is 0 Å². The van der Waals surface area contributed by atoms with Crippen LogP contribution < -0.4 is 0 Å². The molecular formula is C21H33O5P. The number of allylic oxidation sites excluding steroid dienone is 1. The summed E-state index contributed by atoms with van der Waals surface area (Å²) >= 11 is 0. The minimum Gasteiger partial charge on any atom is -0.507 e. The van der Waals surface area contributed by atoms with E-state index in [2.05, 4.69) is 0 Å². The average Bonchev–Trinajstić information content (AvgIpc) is 2.56. The Kier molecular flexibility index (Phi) is 7.26. The summed E-state index contributed by atoms with van der Waals surface area (Å²) in [7, 11) is -0.937. The third-order valence-corrected chi connectivity index (χ3v) is 6.80. The SMILES string of the molecule is COP(=O)(OC)C(C)C(=O)/C=C/c1cc(C(C)(C)C)c(O)c(C(C)(C)C)c1. The minimum absolute atomic E-state index is 0.257. The van der Waals surface area contributed by atoms with E-state index in [9.17, 15) is 14.5 Å². The van der Waals surface area contributed by atoms with Crippen LogP contribution in [0, 0.1) is 0 Å². The molecule has 0 aliphatic heterocycles. The van der Waals surface area contributed by atoms with Crippen LogP contribution in [-0.2, 0) is 29.2 Å². The molecule has 1 unspecified atom stereocenters. The molecule has 1 N–H and O–H groups in total. The van der Waals surface area contributed by atoms with Crippen LogP contribution in [0.4, 0.5) is 0 Å². The lowest BCUT2D eigenvalue weighted by atomic mass is 9.78. The molecule has 5 nitrogen and oxygen atoms in total. The molecule has 0 aromatic heterocycles. The first kappa shape index (κ1) is 23.6. The summed E-state index contributed by atoms with van der Waals surface area (Å²) in [6.45, 7) is 13.7. The van der Waals surface area contributed by atoms with Gasteiger partial charge in [-0.15, -0.1) is 0 Å². The highest BCUT2D eigenvalue weighted by Gasteiger charge is 2.34. The molecule has 0 spiro atoms. The molecule has 1 rings (SSSR count). The lowest BCUT2D eigenvalue weighted by Gasteiger charge is -2.27. The van der Waals surface area contributed by atoms with Crippen molar-refractivity contribution in [3.05, 3.63) is 34.9 Å². The minimum atomic E-state index is -3.47. The Bertz CT molecular complexity index is 723. The Labute approximate surface area is 163 Å². The molecule has 1 aromatic carbocycles. The van der Waals surface area contributed by atoms with Crippen LogP contribution in [0.5, 0.6) is 5.75 Å². The first-order valence-electron chi connectivity index (χ1n) is 8.98. The molecule has 27 heavy (non-hydrogen) atoms. The van der Waals surface area contributed by atoms with E-state index in [1.807, 2.05) is 53.7 Å². The lowest BCUT2D eigenvalue weighted by Crippen LogP contribution is -2.18. The number of ketones is 1. The summed E-state index contributed by atoms with van der Waals surface area (Å²) in [6, 6.07) is 3.76. The normalized spacial score (nSPS) is 14.6. The van der Waals surface area contributed by atoms with Crippen molar-refractivity contribution in [3.63, 3.8) is 0 Å². The summed E-state index contributed by atoms with van der Waals surface area (Å²) in [5, 5.41) is 10.8. The molecule has 0 fully saturated rings. The Balaban J connectivity index is 3.37. The van der Waals surface area contributed by atoms with Crippen LogP contribution in [0.1, 0.15) is 65.2 Å². The van der Waals surface area contributed by atoms with E-state index in [4.69, 9.17) is 9.05 Å². The summed E-state index contributed by atoms with van der Waals surface area (Å²) in [4.78, 5) is 12.4. The molecule has 0 heterocycles. The number of carbonyl (C=O) groups excluding carboxylic acids is 1. The predicted molar refractivity (Wildman–Crippen MR) is 111 cm³/mol. The Morgan fingerprint density at radius 1 is 1.04 bits per heavy atom. The Hall–Kier alpha value is -1.42. The molecule has 0 aliphatic rings. The maximum atomic E-state index is 12.4. The van der Waals surface area contributed by atoms with Crippen molar-refractivity contribution in [2.45, 2.75) is 65.0 Å². The molecular weight excluding hydrogens is 363 g/mol. The van der Waals surface area contributed by atoms with E-state index >= 15 is 0 Å². The predicted octanol–water partition coefficient (Wildman–Crippen LogP) is 5.44. The summed E-state index contributed by atoms with van der Waals surface area (Å²) < 4.78 is 22.2. The van der Waals surface area contributed by atoms with Crippen LogP contribution in [0.3, 0.4) is 0 Å². The number of phenolic OH excluding ortho intramolecular Hbond substituents is 1. The van der Waals surface area contributed by atoms with Crippen molar-refractivity contribution in [3.8, 4) is 5.75 Å². The number of hydrogen-bond acceptors (Lipinski definition) is 5. The zero-order valence-electron chi connectivity index (χ0n) is 17.9. The van der Waals surface area contributed by atoms with Crippen LogP contribution in [0.2, 0.25) is 0 Å². The van der Waals surface area contributed by atoms with E-state index in [-0.39, 0.29) is 22.4 Å². The molecule has 0 saturated carbocycles. The molecule has 0 amide bonds. The quantitative estimate of drug-likeness (QED) is 0.512. The molecule has 1 aromatic rings. The smallest absolute Gasteiger partial charge is 0.340 e. The Morgan fingerprint density at radius 3 is 1.78 bits per heavy atom. The second-order valence-electron chi connectivity index (χ2n) is 8.78. The zero-order valence-corrected chi connectivity index (χ0v) is 18.8. The van der Waals surface area contributed by atoms with Gasteiger partial charge in [0.05, 0.1) is 0 Å². The van der Waals surface area contributed by atoms with Gasteiger partial charge >= 0.3 is 7.60 Å². The van der Waals surface area contributed by atoms with Gasteiger partial charge in [-0.1, -0.05) is 47.6 Å². The van der Waals surface area contributed by atoms with Crippen LogP contribution in [0.15, 0.2) is 18.2 Å². The molecule has 0 aliphatic carbocycles. The summed E-state index contributed by atoms with van der Waals surface area (Å²) in [6.07, 6.45) is 3.07. The number of rotatable bonds is 6. The van der Waals surface area contributed by atoms with Crippen molar-refractivity contribution in [2.75, 3.05) is 14.2 Å². The molecule has 152 valence electrons. The van der Waals surface area contributed by atoms with Gasteiger partial charge in [-0.3, -0.25) is 9.36 Å². The molecule has 0 bridgehead atoms. The lowest BCUT2D eigenvalue weighted by molar-refractivity contribution is -0.114. The number of phenols is 1. The van der Waals surface area contributed by atoms with E-state index in [1.165, 1.54) is 27.2 Å². The molecule has 6 heteroatoms. The fraction of sp³-hybridized carbons (Fsp3) is 0.571. The van der Waals surface area contributed by atoms with Gasteiger partial charge in [0, 0.05) is 25.3 Å². The zero-order chi connectivity index (χ0) is 21.2. The van der Waals surface area contributed by atoms with Crippen molar-refractivity contribution >= 4 is 19.5 Å². The molecule has 1 atom stereocenters. The van der Waals surface area contributed by atoms with E-state index < -0.39 is 13.3 Å². The van der Waals surface area contributed by atoms with E-state index in [1.54, 1.807) is 6.08 Å². The van der Waals surface area contributed by atoms with Crippen LogP contribution in [-0.4, -0.2) is 30.8 Å². The highest BCUT2D eigenvalue weighted by molar-refractivity contribution is 7.55. The summed E-state index contributed by atoms with van der Waals surface area (Å²) in [5.41, 5.74) is 1.02. The highest BCUT2D eigenvalue weighted by atomic mass is 31.2. The van der Waals surface area contributed by atoms with Gasteiger partial charge in [-0.2, -0.15) is 0 Å². The molecule has 0 radical (unpaired) electrons. The van der Waals surface area contributed by atoms with Crippen molar-refractivity contribution in [1.29, 1.82) is 0 Å². The number of hydrogen-bond donors (Lipinski definition) is 1. The third-order valence-electron chi connectivity index (χ3n) is 4.58. The van der Waals surface area contributed by atoms with Crippen LogP contribution in [0.25, 0.3) is 6.08 Å². The van der Waals surface area contributed by atoms with Crippen molar-refractivity contribution < 1.29 is 23.5 Å². The van der Waals surface area contributed by atoms with Gasteiger partial charge in [0.2, 0.25) is 0 Å². The first-order valence-corrected chi connectivity index (χ1v) is 10.6. The second kappa shape index (κ2) is 8.30. The maximum Gasteiger partial charge on any atom is 0.340 e. The second-order valence-corrected chi connectivity index (χ2v) is 11.4. The largest absolute Gasteiger partial charge is 0.507 e. The molecule has 0 saturated heterocycles. The van der Waals surface area contributed by atoms with Crippen LogP contribution >= 0.6 is 7.60 Å². The Morgan fingerprint density at radius 2 is 1.44 bits per heavy atom. The van der Waals surface area contributed by atoms with Gasteiger partial charge < -0.3 is 14.2 Å². The standard InChI is InChI=1S/C21H33O5P/c1-14(27(24,25-8)26-9)18(22)11-10-15-12-16(20(2,3)4)19(23)17(13-15)21(5,6)7/h10-14,23H,1-9H3/b11-10+. The van der Waals surface area contributed by atoms with Gasteiger partial charge in [0.1, 0.15) is 11.4 Å². The van der Waals surface area contributed by atoms with Gasteiger partial charge in [-0.25, -0.2) is 0 Å². The number of carbonyl (C=O) groups is 1. The fourth-order valence-corrected chi connectivity index (χ4v) is 3.94. The third kappa shape index (κ3) is 5.54. The average molecular weight is 396 g/mol. The van der Waals surface area contributed by atoms with Crippen molar-refractivity contribution in [2.24, 2.45) is 0 Å². The maximum absolute atomic E-state index is 12.4. The fourth-order valence-electron chi connectivity index (χ4n) is 2.76. The highest BCUT2D eigenvalue weighted by Crippen LogP contribution is 2.51.